The highest BCUT2D eigenvalue weighted by molar-refractivity contribution is 14.0. The number of halogens is 1. The van der Waals surface area contributed by atoms with Gasteiger partial charge in [-0.2, -0.15) is 0 Å². The highest BCUT2D eigenvalue weighted by Gasteiger charge is 2.42. The molecule has 1 saturated carbocycles. The first-order chi connectivity index (χ1) is 12.9. The molecule has 2 bridgehead atoms. The molecule has 3 aliphatic rings. The number of rotatable bonds is 5. The van der Waals surface area contributed by atoms with Gasteiger partial charge in [0.2, 0.25) is 5.91 Å². The third kappa shape index (κ3) is 5.32. The van der Waals surface area contributed by atoms with Crippen molar-refractivity contribution in [3.8, 4) is 0 Å². The summed E-state index contributed by atoms with van der Waals surface area (Å²) in [6.07, 6.45) is 10.6. The summed E-state index contributed by atoms with van der Waals surface area (Å²) in [5.74, 6) is 1.14. The Morgan fingerprint density at radius 2 is 1.75 bits per heavy atom. The normalized spacial score (nSPS) is 29.7. The van der Waals surface area contributed by atoms with Gasteiger partial charge in [-0.15, -0.1) is 24.0 Å². The maximum absolute atomic E-state index is 12.8. The van der Waals surface area contributed by atoms with Gasteiger partial charge in [0, 0.05) is 38.8 Å². The largest absolute Gasteiger partial charge is 0.357 e. The lowest BCUT2D eigenvalue weighted by molar-refractivity contribution is -0.138. The zero-order valence-corrected chi connectivity index (χ0v) is 20.5. The average molecular weight is 505 g/mol. The number of carbonyl (C=O) groups excluding carboxylic acids is 1. The first-order valence-corrected chi connectivity index (χ1v) is 10.9. The van der Waals surface area contributed by atoms with E-state index in [0.717, 1.165) is 38.2 Å². The van der Waals surface area contributed by atoms with Crippen LogP contribution in [0, 0.1) is 5.41 Å². The number of amides is 1. The predicted octanol–water partition coefficient (Wildman–Crippen LogP) is 2.82. The quantitative estimate of drug-likeness (QED) is 0.343. The van der Waals surface area contributed by atoms with Crippen LogP contribution in [0.4, 0.5) is 0 Å². The second kappa shape index (κ2) is 10.5. The number of nitrogens with one attached hydrogen (secondary N) is 2. The van der Waals surface area contributed by atoms with E-state index in [4.69, 9.17) is 4.99 Å². The van der Waals surface area contributed by atoms with Crippen molar-refractivity contribution in [2.75, 3.05) is 34.2 Å². The minimum Gasteiger partial charge on any atom is -0.357 e. The molecule has 0 aromatic rings. The standard InChI is InChI=1S/C21H39N5O.HI/c1-5-22-20(23-15-21(11-6-7-12-21)19(27)25(2)3)24-16-13-17-9-8-10-18(14-16)26(17)4;/h16-18H,5-15H2,1-4H3,(H2,22,23,24);1H. The van der Waals surface area contributed by atoms with E-state index < -0.39 is 0 Å². The zero-order chi connectivity index (χ0) is 19.4. The first-order valence-electron chi connectivity index (χ1n) is 10.9. The Morgan fingerprint density at radius 1 is 1.14 bits per heavy atom. The van der Waals surface area contributed by atoms with Crippen LogP contribution < -0.4 is 10.6 Å². The molecule has 1 amide bonds. The minimum absolute atomic E-state index is 0. The molecule has 28 heavy (non-hydrogen) atoms. The van der Waals surface area contributed by atoms with E-state index in [-0.39, 0.29) is 35.3 Å². The van der Waals surface area contributed by atoms with Crippen molar-refractivity contribution in [1.29, 1.82) is 0 Å². The number of hydrogen-bond donors (Lipinski definition) is 2. The van der Waals surface area contributed by atoms with E-state index in [2.05, 4.69) is 29.5 Å². The van der Waals surface area contributed by atoms with Crippen LogP contribution in [0.2, 0.25) is 0 Å². The van der Waals surface area contributed by atoms with Gasteiger partial charge in [-0.3, -0.25) is 9.79 Å². The third-order valence-electron chi connectivity index (χ3n) is 6.99. The molecule has 3 rings (SSSR count). The second-order valence-electron chi connectivity index (χ2n) is 9.10. The summed E-state index contributed by atoms with van der Waals surface area (Å²) in [6.45, 7) is 3.55. The van der Waals surface area contributed by atoms with E-state index in [1.54, 1.807) is 4.90 Å². The number of nitrogens with zero attached hydrogens (tertiary/aromatic N) is 3. The van der Waals surface area contributed by atoms with Crippen molar-refractivity contribution >= 4 is 35.8 Å². The molecule has 1 aliphatic carbocycles. The van der Waals surface area contributed by atoms with Crippen LogP contribution in [0.3, 0.4) is 0 Å². The van der Waals surface area contributed by atoms with Crippen molar-refractivity contribution in [2.45, 2.75) is 82.8 Å². The molecule has 0 radical (unpaired) electrons. The Balaban J connectivity index is 0.00000280. The minimum atomic E-state index is -0.296. The molecule has 2 atom stereocenters. The van der Waals surface area contributed by atoms with Crippen LogP contribution in [-0.4, -0.2) is 74.0 Å². The van der Waals surface area contributed by atoms with Crippen molar-refractivity contribution in [1.82, 2.24) is 20.4 Å². The predicted molar refractivity (Wildman–Crippen MR) is 126 cm³/mol. The molecule has 2 unspecified atom stereocenters. The van der Waals surface area contributed by atoms with Gasteiger partial charge in [-0.25, -0.2) is 0 Å². The van der Waals surface area contributed by atoms with Crippen LogP contribution in [0.5, 0.6) is 0 Å². The van der Waals surface area contributed by atoms with Gasteiger partial charge in [0.1, 0.15) is 0 Å². The number of hydrogen-bond acceptors (Lipinski definition) is 3. The summed E-state index contributed by atoms with van der Waals surface area (Å²) in [6, 6.07) is 1.89. The molecule has 6 nitrogen and oxygen atoms in total. The molecule has 3 fully saturated rings. The van der Waals surface area contributed by atoms with Crippen LogP contribution >= 0.6 is 24.0 Å². The van der Waals surface area contributed by atoms with Crippen molar-refractivity contribution < 1.29 is 4.79 Å². The lowest BCUT2D eigenvalue weighted by Crippen LogP contribution is -2.56. The topological polar surface area (TPSA) is 60.0 Å². The molecule has 0 aromatic carbocycles. The highest BCUT2D eigenvalue weighted by Crippen LogP contribution is 2.40. The average Bonchev–Trinajstić information content (AvgIpc) is 3.10. The Labute approximate surface area is 188 Å². The lowest BCUT2D eigenvalue weighted by atomic mass is 9.82. The Kier molecular flexibility index (Phi) is 8.85. The molecular weight excluding hydrogens is 465 g/mol. The highest BCUT2D eigenvalue weighted by atomic mass is 127. The van der Waals surface area contributed by atoms with Crippen molar-refractivity contribution in [3.05, 3.63) is 0 Å². The van der Waals surface area contributed by atoms with E-state index in [9.17, 15) is 4.79 Å². The van der Waals surface area contributed by atoms with E-state index in [1.165, 1.54) is 32.1 Å². The smallest absolute Gasteiger partial charge is 0.230 e. The summed E-state index contributed by atoms with van der Waals surface area (Å²) in [4.78, 5) is 22.1. The van der Waals surface area contributed by atoms with Crippen LogP contribution in [-0.2, 0) is 4.79 Å². The lowest BCUT2D eigenvalue weighted by Gasteiger charge is -2.47. The number of piperidine rings is 2. The zero-order valence-electron chi connectivity index (χ0n) is 18.2. The van der Waals surface area contributed by atoms with Gasteiger partial charge in [-0.1, -0.05) is 19.3 Å². The van der Waals surface area contributed by atoms with Gasteiger partial charge in [0.25, 0.3) is 0 Å². The van der Waals surface area contributed by atoms with Gasteiger partial charge >= 0.3 is 0 Å². The fourth-order valence-corrected chi connectivity index (χ4v) is 5.44. The Bertz CT molecular complexity index is 533. The fourth-order valence-electron chi connectivity index (χ4n) is 5.44. The van der Waals surface area contributed by atoms with E-state index >= 15 is 0 Å². The molecule has 7 heteroatoms. The van der Waals surface area contributed by atoms with Crippen molar-refractivity contribution in [3.63, 3.8) is 0 Å². The molecule has 2 saturated heterocycles. The van der Waals surface area contributed by atoms with E-state index in [0.29, 0.717) is 24.7 Å². The molecule has 0 aromatic heterocycles. The first kappa shape index (κ1) is 23.7. The summed E-state index contributed by atoms with van der Waals surface area (Å²) in [5.41, 5.74) is -0.296. The van der Waals surface area contributed by atoms with Crippen molar-refractivity contribution in [2.24, 2.45) is 10.4 Å². The monoisotopic (exact) mass is 505 g/mol. The maximum Gasteiger partial charge on any atom is 0.230 e. The Hall–Kier alpha value is -0.570. The number of guanidine groups is 1. The van der Waals surface area contributed by atoms with Crippen LogP contribution in [0.1, 0.15) is 64.7 Å². The molecule has 0 spiro atoms. The molecule has 162 valence electrons. The summed E-state index contributed by atoms with van der Waals surface area (Å²) >= 11 is 0. The third-order valence-corrected chi connectivity index (χ3v) is 6.99. The second-order valence-corrected chi connectivity index (χ2v) is 9.10. The summed E-state index contributed by atoms with van der Waals surface area (Å²) < 4.78 is 0. The fraction of sp³-hybridized carbons (Fsp3) is 0.905. The van der Waals surface area contributed by atoms with Crippen LogP contribution in [0.15, 0.2) is 4.99 Å². The number of carbonyl (C=O) groups is 1. The van der Waals surface area contributed by atoms with Gasteiger partial charge in [-0.05, 0) is 52.5 Å². The van der Waals surface area contributed by atoms with Crippen LogP contribution in [0.25, 0.3) is 0 Å². The van der Waals surface area contributed by atoms with Gasteiger partial charge < -0.3 is 20.4 Å². The van der Waals surface area contributed by atoms with E-state index in [1.807, 2.05) is 14.1 Å². The molecular formula is C21H40IN5O. The SMILES string of the molecule is CCNC(=NCC1(C(=O)N(C)C)CCCC1)NC1CC2CCCC(C1)N2C.I. The maximum atomic E-state index is 12.8. The van der Waals surface area contributed by atoms with Gasteiger partial charge in [0.15, 0.2) is 5.96 Å². The molecule has 2 aliphatic heterocycles. The Morgan fingerprint density at radius 3 is 2.29 bits per heavy atom. The summed E-state index contributed by atoms with van der Waals surface area (Å²) in [5, 5.41) is 7.12. The molecule has 2 heterocycles. The summed E-state index contributed by atoms with van der Waals surface area (Å²) in [7, 11) is 6.03. The number of fused-ring (bicyclic) bond motifs is 2. The van der Waals surface area contributed by atoms with Gasteiger partial charge in [0.05, 0.1) is 12.0 Å². The molecule has 2 N–H and O–H groups in total. The number of aliphatic imine (C=N–C) groups is 1.